The second-order valence-electron chi connectivity index (χ2n) is 10.9. The molecule has 0 aromatic heterocycles. The Bertz CT molecular complexity index is 974. The molecule has 3 unspecified atom stereocenters. The van der Waals surface area contributed by atoms with Gasteiger partial charge in [-0.05, 0) is 41.6 Å². The Labute approximate surface area is 210 Å². The van der Waals surface area contributed by atoms with Gasteiger partial charge in [0.05, 0.1) is 19.1 Å². The number of piperidine rings is 1. The van der Waals surface area contributed by atoms with Crippen molar-refractivity contribution in [2.24, 2.45) is 11.8 Å². The zero-order valence-electron chi connectivity index (χ0n) is 21.8. The van der Waals surface area contributed by atoms with E-state index in [2.05, 4.69) is 33.9 Å². The van der Waals surface area contributed by atoms with Crippen molar-refractivity contribution in [1.82, 2.24) is 4.90 Å². The Hall–Kier alpha value is -2.64. The molecule has 1 heterocycles. The predicted octanol–water partition coefficient (Wildman–Crippen LogP) is 6.20. The van der Waals surface area contributed by atoms with E-state index < -0.39 is 26.4 Å². The van der Waals surface area contributed by atoms with Crippen molar-refractivity contribution in [3.8, 4) is 0 Å². The van der Waals surface area contributed by atoms with Gasteiger partial charge in [-0.25, -0.2) is 4.79 Å². The van der Waals surface area contributed by atoms with Crippen LogP contribution in [0.15, 0.2) is 60.7 Å². The summed E-state index contributed by atoms with van der Waals surface area (Å²) in [6, 6.07) is 18.8. The maximum atomic E-state index is 13.4. The largest absolute Gasteiger partial charge is 0.469 e. The lowest BCUT2D eigenvalue weighted by Gasteiger charge is -2.44. The highest BCUT2D eigenvalue weighted by Crippen LogP contribution is 2.41. The second kappa shape index (κ2) is 11.4. The fourth-order valence-electron chi connectivity index (χ4n) is 4.26. The van der Waals surface area contributed by atoms with Crippen LogP contribution in [0.2, 0.25) is 18.1 Å². The van der Waals surface area contributed by atoms with Crippen LogP contribution in [0.25, 0.3) is 0 Å². The number of amides is 1. The number of ether oxygens (including phenoxy) is 2. The number of esters is 1. The van der Waals surface area contributed by atoms with Gasteiger partial charge in [0.1, 0.15) is 6.61 Å². The summed E-state index contributed by atoms with van der Waals surface area (Å²) in [6.07, 6.45) is 0.150. The third-order valence-electron chi connectivity index (χ3n) is 7.33. The molecule has 2 aromatic carbocycles. The quantitative estimate of drug-likeness (QED) is 0.337. The first-order chi connectivity index (χ1) is 16.5. The molecule has 1 fully saturated rings. The number of carbonyl (C=O) groups is 2. The molecule has 1 aliphatic rings. The van der Waals surface area contributed by atoms with Gasteiger partial charge in [-0.1, -0.05) is 81.4 Å². The average molecular weight is 498 g/mol. The van der Waals surface area contributed by atoms with E-state index in [9.17, 15) is 9.59 Å². The van der Waals surface area contributed by atoms with Crippen LogP contribution < -0.4 is 0 Å². The Morgan fingerprint density at radius 3 is 2.17 bits per heavy atom. The third kappa shape index (κ3) is 6.73. The zero-order valence-corrected chi connectivity index (χ0v) is 22.8. The summed E-state index contributed by atoms with van der Waals surface area (Å²) in [5.41, 5.74) is 1.81. The molecule has 2 aromatic rings. The molecule has 1 amide bonds. The molecular weight excluding hydrogens is 458 g/mol. The topological polar surface area (TPSA) is 65.1 Å². The van der Waals surface area contributed by atoms with Crippen LogP contribution in [0.5, 0.6) is 0 Å². The van der Waals surface area contributed by atoms with Gasteiger partial charge in [-0.3, -0.25) is 9.69 Å². The summed E-state index contributed by atoms with van der Waals surface area (Å²) >= 11 is 0. The summed E-state index contributed by atoms with van der Waals surface area (Å²) in [5.74, 6) is -0.831. The first kappa shape index (κ1) is 27.0. The maximum absolute atomic E-state index is 13.4. The van der Waals surface area contributed by atoms with Gasteiger partial charge in [-0.15, -0.1) is 0 Å². The molecule has 3 atom stereocenters. The fraction of sp³-hybridized carbons (Fsp3) is 0.500. The molecular formula is C28H39NO5Si. The van der Waals surface area contributed by atoms with E-state index >= 15 is 0 Å². The van der Waals surface area contributed by atoms with Gasteiger partial charge in [0.15, 0.2) is 8.32 Å². The van der Waals surface area contributed by atoms with Gasteiger partial charge in [0, 0.05) is 13.2 Å². The van der Waals surface area contributed by atoms with E-state index in [4.69, 9.17) is 13.9 Å². The van der Waals surface area contributed by atoms with Crippen LogP contribution in [0.4, 0.5) is 4.79 Å². The highest BCUT2D eigenvalue weighted by molar-refractivity contribution is 6.74. The van der Waals surface area contributed by atoms with Gasteiger partial charge in [-0.2, -0.15) is 0 Å². The van der Waals surface area contributed by atoms with E-state index in [-0.39, 0.29) is 23.5 Å². The molecule has 0 bridgehead atoms. The minimum absolute atomic E-state index is 0.00235. The van der Waals surface area contributed by atoms with Gasteiger partial charge in [0.2, 0.25) is 0 Å². The second-order valence-corrected chi connectivity index (χ2v) is 15.7. The van der Waals surface area contributed by atoms with Crippen LogP contribution in [-0.4, -0.2) is 45.5 Å². The smallest absolute Gasteiger partial charge is 0.410 e. The molecule has 1 aliphatic heterocycles. The van der Waals surface area contributed by atoms with E-state index in [0.717, 1.165) is 11.1 Å². The van der Waals surface area contributed by atoms with Crippen molar-refractivity contribution in [3.63, 3.8) is 0 Å². The van der Waals surface area contributed by atoms with Gasteiger partial charge in [0.25, 0.3) is 0 Å². The van der Waals surface area contributed by atoms with Crippen LogP contribution >= 0.6 is 0 Å². The summed E-state index contributed by atoms with van der Waals surface area (Å²) in [5, 5.41) is 0.0737. The molecule has 0 N–H and O–H groups in total. The van der Waals surface area contributed by atoms with Crippen LogP contribution in [0.1, 0.15) is 44.4 Å². The van der Waals surface area contributed by atoms with E-state index in [1.54, 1.807) is 4.90 Å². The van der Waals surface area contributed by atoms with E-state index in [0.29, 0.717) is 19.6 Å². The number of hydrogen-bond acceptors (Lipinski definition) is 5. The number of likely N-dealkylation sites (tertiary alicyclic amines) is 1. The summed E-state index contributed by atoms with van der Waals surface area (Å²) in [7, 11) is -0.586. The Kier molecular flexibility index (Phi) is 8.78. The minimum atomic E-state index is -1.99. The average Bonchev–Trinajstić information content (AvgIpc) is 2.85. The first-order valence-corrected chi connectivity index (χ1v) is 15.2. The van der Waals surface area contributed by atoms with Crippen LogP contribution in [0.3, 0.4) is 0 Å². The van der Waals surface area contributed by atoms with Crippen molar-refractivity contribution < 1.29 is 23.5 Å². The number of carbonyl (C=O) groups excluding carboxylic acids is 2. The van der Waals surface area contributed by atoms with Gasteiger partial charge >= 0.3 is 12.1 Å². The molecule has 3 rings (SSSR count). The molecule has 1 saturated heterocycles. The third-order valence-corrected chi connectivity index (χ3v) is 11.8. The van der Waals surface area contributed by atoms with Crippen molar-refractivity contribution in [3.05, 3.63) is 71.8 Å². The van der Waals surface area contributed by atoms with E-state index in [1.165, 1.54) is 7.11 Å². The minimum Gasteiger partial charge on any atom is -0.469 e. The predicted molar refractivity (Wildman–Crippen MR) is 139 cm³/mol. The summed E-state index contributed by atoms with van der Waals surface area (Å²) in [4.78, 5) is 28.1. The highest BCUT2D eigenvalue weighted by Gasteiger charge is 2.45. The SMILES string of the molecule is COC(=O)C1CC(CO[Si](C)(C)C(C)(C)C)CN(C(=O)OCc2ccccc2)C1c1ccccc1. The normalized spacial score (nSPS) is 20.9. The Morgan fingerprint density at radius 2 is 1.60 bits per heavy atom. The van der Waals surface area contributed by atoms with Crippen molar-refractivity contribution in [1.29, 1.82) is 0 Å². The number of nitrogens with zero attached hydrogens (tertiary/aromatic N) is 1. The molecule has 35 heavy (non-hydrogen) atoms. The number of rotatable bonds is 7. The highest BCUT2D eigenvalue weighted by atomic mass is 28.4. The molecule has 7 heteroatoms. The maximum Gasteiger partial charge on any atom is 0.410 e. The zero-order chi connectivity index (χ0) is 25.6. The first-order valence-electron chi connectivity index (χ1n) is 12.3. The fourth-order valence-corrected chi connectivity index (χ4v) is 5.35. The Balaban J connectivity index is 1.87. The molecule has 0 spiro atoms. The molecule has 0 radical (unpaired) electrons. The number of benzene rings is 2. The number of hydrogen-bond donors (Lipinski definition) is 0. The standard InChI is InChI=1S/C28H39NO5Si/c1-28(2,3)35(5,6)34-20-22-17-24(26(30)32-4)25(23-15-11-8-12-16-23)29(18-22)27(31)33-19-21-13-9-7-10-14-21/h7-16,22,24-25H,17-20H2,1-6H3. The van der Waals surface area contributed by atoms with Crippen LogP contribution in [0, 0.1) is 11.8 Å². The monoisotopic (exact) mass is 497 g/mol. The summed E-state index contributed by atoms with van der Waals surface area (Å²) < 4.78 is 17.4. The molecule has 6 nitrogen and oxygen atoms in total. The number of methoxy groups -OCH3 is 1. The molecule has 0 saturated carbocycles. The summed E-state index contributed by atoms with van der Waals surface area (Å²) in [6.45, 7) is 12.2. The van der Waals surface area contributed by atoms with Gasteiger partial charge < -0.3 is 13.9 Å². The van der Waals surface area contributed by atoms with Crippen molar-refractivity contribution >= 4 is 20.4 Å². The lowest BCUT2D eigenvalue weighted by atomic mass is 9.80. The van der Waals surface area contributed by atoms with Crippen molar-refractivity contribution in [2.45, 2.75) is 58.0 Å². The lowest BCUT2D eigenvalue weighted by Crippen LogP contribution is -2.51. The lowest BCUT2D eigenvalue weighted by molar-refractivity contribution is -0.151. The van der Waals surface area contributed by atoms with Crippen molar-refractivity contribution in [2.75, 3.05) is 20.3 Å². The molecule has 0 aliphatic carbocycles. The molecule has 190 valence electrons. The van der Waals surface area contributed by atoms with Crippen LogP contribution in [-0.2, 0) is 25.3 Å². The van der Waals surface area contributed by atoms with E-state index in [1.807, 2.05) is 60.7 Å². The Morgan fingerprint density at radius 1 is 1.00 bits per heavy atom.